The number of allylic oxidation sites excluding steroid dienone is 4. The summed E-state index contributed by atoms with van der Waals surface area (Å²) in [6.45, 7) is 6.27. The minimum Gasteiger partial charge on any atom is -1.00 e. The van der Waals surface area contributed by atoms with Crippen LogP contribution in [0, 0.1) is 6.08 Å². The molecule has 2 aromatic rings. The molecule has 135 valence electrons. The van der Waals surface area contributed by atoms with Gasteiger partial charge in [-0.1, -0.05) is 52.1 Å². The van der Waals surface area contributed by atoms with E-state index in [0.29, 0.717) is 0 Å². The summed E-state index contributed by atoms with van der Waals surface area (Å²) in [7, 11) is 2.97. The van der Waals surface area contributed by atoms with Crippen LogP contribution in [0.25, 0.3) is 10.8 Å². The molecular formula is C21H29Cl2SiZr. The van der Waals surface area contributed by atoms with E-state index in [1.165, 1.54) is 36.5 Å². The Bertz CT molecular complexity index is 477. The quantitative estimate of drug-likeness (QED) is 0.351. The topological polar surface area (TPSA) is 0 Å². The maximum absolute atomic E-state index is 2.99. The van der Waals surface area contributed by atoms with Crippen LogP contribution in [0.1, 0.15) is 46.0 Å². The summed E-state index contributed by atoms with van der Waals surface area (Å²) in [6, 6.07) is 14.7. The molecule has 1 aliphatic carbocycles. The van der Waals surface area contributed by atoms with Crippen molar-refractivity contribution >= 4 is 21.0 Å². The second kappa shape index (κ2) is 26.2. The van der Waals surface area contributed by atoms with Gasteiger partial charge in [-0.05, 0) is 0 Å². The zero-order valence-corrected chi connectivity index (χ0v) is 20.5. The largest absolute Gasteiger partial charge is 4.00 e. The van der Waals surface area contributed by atoms with E-state index < -0.39 is 0 Å². The van der Waals surface area contributed by atoms with E-state index >= 15 is 0 Å². The van der Waals surface area contributed by atoms with E-state index in [4.69, 9.17) is 0 Å². The number of hydrogen-bond donors (Lipinski definition) is 0. The second-order valence-corrected chi connectivity index (χ2v) is 4.86. The van der Waals surface area contributed by atoms with Crippen LogP contribution >= 0.6 is 0 Å². The number of rotatable bonds is 3. The summed E-state index contributed by atoms with van der Waals surface area (Å²) in [6.07, 6.45) is 15.5. The molecule has 0 N–H and O–H groups in total. The fraction of sp³-hybridized carbons (Fsp3) is 0.381. The number of benzene rings is 1. The Morgan fingerprint density at radius 2 is 1.60 bits per heavy atom. The Morgan fingerprint density at radius 3 is 2.00 bits per heavy atom. The van der Waals surface area contributed by atoms with Gasteiger partial charge >= 0.3 is 26.2 Å². The van der Waals surface area contributed by atoms with Crippen LogP contribution in [0.3, 0.4) is 0 Å². The molecule has 0 fully saturated rings. The van der Waals surface area contributed by atoms with Gasteiger partial charge in [-0.15, -0.1) is 36.1 Å². The SMILES string of the molecule is CCCCCC.C[Si].[C-]1=CC=CC1.[Cl-].[Cl-].[Zr+4].c1ccc2[cH-]ccc2c1. The molecular weight excluding hydrogens is 442 g/mol. The number of hydrogen-bond acceptors (Lipinski definition) is 0. The summed E-state index contributed by atoms with van der Waals surface area (Å²) in [5, 5.41) is 2.66. The first kappa shape index (κ1) is 32.6. The molecule has 0 heterocycles. The number of unbranched alkanes of at least 4 members (excludes halogenated alkanes) is 3. The van der Waals surface area contributed by atoms with Crippen molar-refractivity contribution in [1.82, 2.24) is 0 Å². The van der Waals surface area contributed by atoms with Crippen LogP contribution in [-0.4, -0.2) is 10.2 Å². The Balaban J connectivity index is -0.000000124. The normalized spacial score (nSPS) is 9.60. The summed E-state index contributed by atoms with van der Waals surface area (Å²) in [4.78, 5) is 0. The molecule has 0 unspecified atom stereocenters. The fourth-order valence-corrected chi connectivity index (χ4v) is 1.91. The van der Waals surface area contributed by atoms with E-state index in [2.05, 4.69) is 78.7 Å². The average Bonchev–Trinajstić information content (AvgIpc) is 3.29. The minimum atomic E-state index is 0. The van der Waals surface area contributed by atoms with Gasteiger partial charge in [0.25, 0.3) is 0 Å². The van der Waals surface area contributed by atoms with Crippen molar-refractivity contribution in [3.05, 3.63) is 66.8 Å². The van der Waals surface area contributed by atoms with Gasteiger partial charge in [0.1, 0.15) is 0 Å². The van der Waals surface area contributed by atoms with Gasteiger partial charge in [-0.2, -0.15) is 23.6 Å². The van der Waals surface area contributed by atoms with Crippen molar-refractivity contribution < 1.29 is 51.0 Å². The van der Waals surface area contributed by atoms with Crippen LogP contribution in [0.2, 0.25) is 6.55 Å². The molecule has 3 radical (unpaired) electrons. The predicted octanol–water partition coefficient (Wildman–Crippen LogP) is 0.659. The Labute approximate surface area is 190 Å². The molecule has 0 nitrogen and oxygen atoms in total. The van der Waals surface area contributed by atoms with E-state index in [0.717, 1.165) is 6.42 Å². The average molecular weight is 472 g/mol. The van der Waals surface area contributed by atoms with Crippen molar-refractivity contribution in [2.24, 2.45) is 0 Å². The van der Waals surface area contributed by atoms with Gasteiger partial charge in [0.15, 0.2) is 0 Å². The molecule has 0 amide bonds. The van der Waals surface area contributed by atoms with Crippen LogP contribution in [0.15, 0.2) is 60.7 Å². The van der Waals surface area contributed by atoms with E-state index in [-0.39, 0.29) is 51.0 Å². The van der Waals surface area contributed by atoms with Gasteiger partial charge < -0.3 is 24.8 Å². The van der Waals surface area contributed by atoms with Crippen LogP contribution in [0.4, 0.5) is 0 Å². The zero-order valence-electron chi connectivity index (χ0n) is 15.6. The number of fused-ring (bicyclic) bond motifs is 1. The zero-order chi connectivity index (χ0) is 16.5. The van der Waals surface area contributed by atoms with E-state index in [1.807, 2.05) is 12.2 Å². The first-order valence-electron chi connectivity index (χ1n) is 8.20. The minimum absolute atomic E-state index is 0. The van der Waals surface area contributed by atoms with Crippen LogP contribution in [-0.2, 0) is 26.2 Å². The molecule has 25 heavy (non-hydrogen) atoms. The maximum Gasteiger partial charge on any atom is 4.00 e. The molecule has 0 spiro atoms. The first-order valence-corrected chi connectivity index (χ1v) is 9.20. The van der Waals surface area contributed by atoms with Crippen molar-refractivity contribution in [2.45, 2.75) is 52.5 Å². The first-order chi connectivity index (χ1) is 10.9. The third-order valence-electron chi connectivity index (χ3n) is 3.09. The van der Waals surface area contributed by atoms with Crippen molar-refractivity contribution in [3.8, 4) is 0 Å². The summed E-state index contributed by atoms with van der Waals surface area (Å²) < 4.78 is 0. The fourth-order valence-electron chi connectivity index (χ4n) is 1.91. The molecule has 0 aromatic heterocycles. The smallest absolute Gasteiger partial charge is 1.00 e. The third-order valence-corrected chi connectivity index (χ3v) is 3.09. The molecule has 4 heteroatoms. The summed E-state index contributed by atoms with van der Waals surface area (Å²) >= 11 is 0. The molecule has 0 aliphatic heterocycles. The number of halogens is 2. The van der Waals surface area contributed by atoms with Gasteiger partial charge in [-0.3, -0.25) is 6.08 Å². The molecule has 0 saturated heterocycles. The standard InChI is InChI=1S/C9H7.C6H14.C5H5.CH3Si.2ClH.Zr/c1-2-5-9-7-3-6-8(9)4-1;1-3-5-6-4-2;1-2-4-5-3-1;1-2;;;/h1-7H;3-6H2,1-2H3;1-3H,4H2;1H3;2*1H;/q-1;;-1;;;;+4/p-2. The molecule has 0 bridgehead atoms. The molecule has 3 rings (SSSR count). The third kappa shape index (κ3) is 18.6. The van der Waals surface area contributed by atoms with Gasteiger partial charge in [0.2, 0.25) is 0 Å². The van der Waals surface area contributed by atoms with Crippen molar-refractivity contribution in [1.29, 1.82) is 0 Å². The molecule has 0 atom stereocenters. The van der Waals surface area contributed by atoms with Crippen molar-refractivity contribution in [2.75, 3.05) is 0 Å². The van der Waals surface area contributed by atoms with Crippen LogP contribution < -0.4 is 24.8 Å². The van der Waals surface area contributed by atoms with Gasteiger partial charge in [0.05, 0.1) is 0 Å². The van der Waals surface area contributed by atoms with Crippen molar-refractivity contribution in [3.63, 3.8) is 0 Å². The van der Waals surface area contributed by atoms with Gasteiger partial charge in [-0.25, -0.2) is 12.2 Å². The molecule has 1 aliphatic rings. The molecule has 0 saturated carbocycles. The van der Waals surface area contributed by atoms with E-state index in [1.54, 1.807) is 6.55 Å². The summed E-state index contributed by atoms with van der Waals surface area (Å²) in [5.74, 6) is 0. The molecule has 2 aromatic carbocycles. The Morgan fingerprint density at radius 1 is 1.00 bits per heavy atom. The predicted molar refractivity (Wildman–Crippen MR) is 103 cm³/mol. The Kier molecular flexibility index (Phi) is 34.2. The summed E-state index contributed by atoms with van der Waals surface area (Å²) in [5.41, 5.74) is 0. The monoisotopic (exact) mass is 469 g/mol. The Hall–Kier alpha value is -0.0100. The van der Waals surface area contributed by atoms with Gasteiger partial charge in [0, 0.05) is 10.2 Å². The second-order valence-electron chi connectivity index (χ2n) is 4.86. The van der Waals surface area contributed by atoms with E-state index in [9.17, 15) is 0 Å². The van der Waals surface area contributed by atoms with Crippen LogP contribution in [0.5, 0.6) is 0 Å². The maximum atomic E-state index is 2.99.